The lowest BCUT2D eigenvalue weighted by Crippen LogP contribution is -2.16. The van der Waals surface area contributed by atoms with E-state index in [1.807, 2.05) is 6.92 Å². The molecule has 2 heterocycles. The lowest BCUT2D eigenvalue weighted by molar-refractivity contribution is 0.0468. The molecule has 6 nitrogen and oxygen atoms in total. The summed E-state index contributed by atoms with van der Waals surface area (Å²) in [6, 6.07) is 7.80. The smallest absolute Gasteiger partial charge is 0.338 e. The number of carbonyl (C=O) groups excluding carboxylic acids is 1. The highest BCUT2D eigenvalue weighted by Crippen LogP contribution is 2.14. The Bertz CT molecular complexity index is 951. The number of esters is 1. The molecular formula is C16H14ClN3O3S. The number of hydrogen-bond acceptors (Lipinski definition) is 6. The van der Waals surface area contributed by atoms with E-state index < -0.39 is 5.97 Å². The van der Waals surface area contributed by atoms with Crippen LogP contribution in [0.1, 0.15) is 34.4 Å². The number of carbonyl (C=O) groups is 1. The molecule has 0 spiro atoms. The van der Waals surface area contributed by atoms with Gasteiger partial charge in [-0.1, -0.05) is 35.9 Å². The van der Waals surface area contributed by atoms with Crippen molar-refractivity contribution >= 4 is 33.9 Å². The largest absolute Gasteiger partial charge is 0.456 e. The lowest BCUT2D eigenvalue weighted by atomic mass is 10.2. The Morgan fingerprint density at radius 1 is 1.38 bits per heavy atom. The molecule has 124 valence electrons. The monoisotopic (exact) mass is 363 g/mol. The lowest BCUT2D eigenvalue weighted by Gasteiger charge is -2.04. The summed E-state index contributed by atoms with van der Waals surface area (Å²) in [4.78, 5) is 28.9. The van der Waals surface area contributed by atoms with Gasteiger partial charge in [-0.05, 0) is 24.6 Å². The molecule has 0 aliphatic carbocycles. The maximum absolute atomic E-state index is 12.1. The second-order valence-corrected chi connectivity index (χ2v) is 6.59. The topological polar surface area (TPSA) is 73.6 Å². The van der Waals surface area contributed by atoms with Crippen molar-refractivity contribution in [3.63, 3.8) is 0 Å². The van der Waals surface area contributed by atoms with Crippen molar-refractivity contribution in [2.75, 3.05) is 0 Å². The van der Waals surface area contributed by atoms with Crippen molar-refractivity contribution in [1.29, 1.82) is 0 Å². The number of fused-ring (bicyclic) bond motifs is 1. The van der Waals surface area contributed by atoms with E-state index in [2.05, 4.69) is 10.1 Å². The molecule has 0 aliphatic rings. The summed E-state index contributed by atoms with van der Waals surface area (Å²) in [5.41, 5.74) is 0.456. The molecule has 0 amide bonds. The maximum atomic E-state index is 12.1. The molecular weight excluding hydrogens is 350 g/mol. The van der Waals surface area contributed by atoms with Crippen LogP contribution in [0, 0.1) is 0 Å². The van der Waals surface area contributed by atoms with Crippen LogP contribution < -0.4 is 5.56 Å². The van der Waals surface area contributed by atoms with Crippen molar-refractivity contribution in [2.45, 2.75) is 26.4 Å². The van der Waals surface area contributed by atoms with Crippen LogP contribution in [0.15, 0.2) is 35.1 Å². The predicted molar refractivity (Wildman–Crippen MR) is 91.7 cm³/mol. The van der Waals surface area contributed by atoms with Crippen LogP contribution in [0.25, 0.3) is 4.96 Å². The van der Waals surface area contributed by atoms with Gasteiger partial charge in [0, 0.05) is 17.5 Å². The van der Waals surface area contributed by atoms with Crippen molar-refractivity contribution in [3.05, 3.63) is 62.0 Å². The third kappa shape index (κ3) is 3.63. The highest BCUT2D eigenvalue weighted by molar-refractivity contribution is 7.16. The van der Waals surface area contributed by atoms with E-state index in [-0.39, 0.29) is 12.2 Å². The fourth-order valence-electron chi connectivity index (χ4n) is 2.12. The minimum atomic E-state index is -0.518. The van der Waals surface area contributed by atoms with E-state index in [0.29, 0.717) is 21.2 Å². The maximum Gasteiger partial charge on any atom is 0.338 e. The Kier molecular flexibility index (Phi) is 4.92. The molecule has 2 aromatic heterocycles. The van der Waals surface area contributed by atoms with Crippen LogP contribution in [-0.4, -0.2) is 20.6 Å². The molecule has 0 unspecified atom stereocenters. The van der Waals surface area contributed by atoms with Gasteiger partial charge < -0.3 is 4.74 Å². The fraction of sp³-hybridized carbons (Fsp3) is 0.250. The molecule has 0 bridgehead atoms. The summed E-state index contributed by atoms with van der Waals surface area (Å²) >= 11 is 7.22. The quantitative estimate of drug-likeness (QED) is 0.651. The molecule has 0 radical (unpaired) electrons. The Hall–Kier alpha value is -2.25. The molecule has 0 fully saturated rings. The van der Waals surface area contributed by atoms with Gasteiger partial charge in [-0.25, -0.2) is 9.78 Å². The average Bonchev–Trinajstić information content (AvgIpc) is 2.96. The van der Waals surface area contributed by atoms with Crippen molar-refractivity contribution in [1.82, 2.24) is 14.6 Å². The molecule has 3 rings (SSSR count). The number of aryl methyl sites for hydroxylation is 1. The van der Waals surface area contributed by atoms with Gasteiger partial charge in [0.2, 0.25) is 4.96 Å². The molecule has 0 saturated heterocycles. The van der Waals surface area contributed by atoms with Gasteiger partial charge in [-0.15, -0.1) is 0 Å². The van der Waals surface area contributed by atoms with Gasteiger partial charge in [0.25, 0.3) is 5.56 Å². The van der Waals surface area contributed by atoms with Gasteiger partial charge >= 0.3 is 5.97 Å². The van der Waals surface area contributed by atoms with Crippen molar-refractivity contribution < 1.29 is 9.53 Å². The van der Waals surface area contributed by atoms with Crippen molar-refractivity contribution in [3.8, 4) is 0 Å². The highest BCUT2D eigenvalue weighted by atomic mass is 35.5. The molecule has 0 N–H and O–H groups in total. The Morgan fingerprint density at radius 3 is 2.96 bits per heavy atom. The van der Waals surface area contributed by atoms with Gasteiger partial charge in [0.1, 0.15) is 11.6 Å². The Morgan fingerprint density at radius 2 is 2.21 bits per heavy atom. The number of aromatic nitrogens is 3. The van der Waals surface area contributed by atoms with E-state index >= 15 is 0 Å². The molecule has 0 aliphatic heterocycles. The predicted octanol–water partition coefficient (Wildman–Crippen LogP) is 3.11. The first-order chi connectivity index (χ1) is 11.6. The molecule has 3 aromatic rings. The molecule has 1 aromatic carbocycles. The standard InChI is InChI=1S/C16H14ClN3O3S/c1-2-4-13-19-20-14(21)8-12(18-16(20)24-13)9-23-15(22)10-5-3-6-11(17)7-10/h3,5-8H,2,4,9H2,1H3. The number of hydrogen-bond donors (Lipinski definition) is 0. The second kappa shape index (κ2) is 7.11. The summed E-state index contributed by atoms with van der Waals surface area (Å²) in [7, 11) is 0. The van der Waals surface area contributed by atoms with Crippen LogP contribution in [0.4, 0.5) is 0 Å². The van der Waals surface area contributed by atoms with Crippen molar-refractivity contribution in [2.24, 2.45) is 0 Å². The zero-order valence-electron chi connectivity index (χ0n) is 12.9. The van der Waals surface area contributed by atoms with Gasteiger partial charge in [0.15, 0.2) is 0 Å². The summed E-state index contributed by atoms with van der Waals surface area (Å²) in [5.74, 6) is -0.518. The van der Waals surface area contributed by atoms with Gasteiger partial charge in [0.05, 0.1) is 11.3 Å². The second-order valence-electron chi connectivity index (χ2n) is 5.11. The van der Waals surface area contributed by atoms with Crippen LogP contribution >= 0.6 is 22.9 Å². The Balaban J connectivity index is 1.77. The van der Waals surface area contributed by atoms with Gasteiger partial charge in [-0.3, -0.25) is 4.79 Å². The highest BCUT2D eigenvalue weighted by Gasteiger charge is 2.12. The number of nitrogens with zero attached hydrogens (tertiary/aromatic N) is 3. The summed E-state index contributed by atoms with van der Waals surface area (Å²) in [6.07, 6.45) is 1.74. The van der Waals surface area contributed by atoms with E-state index in [9.17, 15) is 9.59 Å². The minimum absolute atomic E-state index is 0.0852. The number of rotatable bonds is 5. The fourth-order valence-corrected chi connectivity index (χ4v) is 3.33. The number of benzene rings is 1. The third-order valence-electron chi connectivity index (χ3n) is 3.22. The summed E-state index contributed by atoms with van der Waals surface area (Å²) in [5, 5.41) is 5.54. The summed E-state index contributed by atoms with van der Waals surface area (Å²) < 4.78 is 6.48. The minimum Gasteiger partial charge on any atom is -0.456 e. The first-order valence-corrected chi connectivity index (χ1v) is 8.57. The normalized spacial score (nSPS) is 10.9. The zero-order chi connectivity index (χ0) is 17.1. The third-order valence-corrected chi connectivity index (χ3v) is 4.42. The first kappa shape index (κ1) is 16.6. The SMILES string of the molecule is CCCc1nn2c(=O)cc(COC(=O)c3cccc(Cl)c3)nc2s1. The summed E-state index contributed by atoms with van der Waals surface area (Å²) in [6.45, 7) is 1.96. The number of halogens is 1. The van der Waals surface area contributed by atoms with Gasteiger partial charge in [-0.2, -0.15) is 9.61 Å². The van der Waals surface area contributed by atoms with E-state index in [1.54, 1.807) is 18.2 Å². The van der Waals surface area contributed by atoms with Crippen LogP contribution in [0.3, 0.4) is 0 Å². The average molecular weight is 364 g/mol. The van der Waals surface area contributed by atoms with Crippen LogP contribution in [0.2, 0.25) is 5.02 Å². The molecule has 0 atom stereocenters. The zero-order valence-corrected chi connectivity index (χ0v) is 14.4. The van der Waals surface area contributed by atoms with E-state index in [0.717, 1.165) is 17.8 Å². The van der Waals surface area contributed by atoms with E-state index in [1.165, 1.54) is 28.0 Å². The first-order valence-electron chi connectivity index (χ1n) is 7.38. The Labute approximate surface area is 146 Å². The molecule has 8 heteroatoms. The molecule has 24 heavy (non-hydrogen) atoms. The molecule has 0 saturated carbocycles. The van der Waals surface area contributed by atoms with E-state index in [4.69, 9.17) is 16.3 Å². The van der Waals surface area contributed by atoms with Crippen LogP contribution in [-0.2, 0) is 17.8 Å². The number of ether oxygens (including phenoxy) is 1. The van der Waals surface area contributed by atoms with Crippen LogP contribution in [0.5, 0.6) is 0 Å².